The van der Waals surface area contributed by atoms with Crippen LogP contribution in [0.1, 0.15) is 13.3 Å². The third-order valence-corrected chi connectivity index (χ3v) is 4.41. The van der Waals surface area contributed by atoms with Gasteiger partial charge in [0.1, 0.15) is 17.3 Å². The van der Waals surface area contributed by atoms with Crippen molar-refractivity contribution in [3.8, 4) is 0 Å². The largest absolute Gasteiger partial charge is 0.385 e. The zero-order valence-electron chi connectivity index (χ0n) is 13.7. The summed E-state index contributed by atoms with van der Waals surface area (Å²) in [6.07, 6.45) is 0.602. The van der Waals surface area contributed by atoms with Crippen molar-refractivity contribution in [1.29, 1.82) is 0 Å². The normalized spacial score (nSPS) is 12.2. The lowest BCUT2D eigenvalue weighted by atomic mass is 10.3. The van der Waals surface area contributed by atoms with Gasteiger partial charge in [0, 0.05) is 20.3 Å². The molecule has 0 bridgehead atoms. The van der Waals surface area contributed by atoms with E-state index < -0.39 is 34.2 Å². The first-order chi connectivity index (χ1) is 11.9. The summed E-state index contributed by atoms with van der Waals surface area (Å²) in [4.78, 5) is 23.9. The average molecular weight is 372 g/mol. The summed E-state index contributed by atoms with van der Waals surface area (Å²) in [6, 6.07) is 3.32. The molecule has 0 spiro atoms. The van der Waals surface area contributed by atoms with Gasteiger partial charge < -0.3 is 10.1 Å². The van der Waals surface area contributed by atoms with Crippen LogP contribution in [0.4, 0.5) is 14.5 Å². The van der Waals surface area contributed by atoms with E-state index in [-0.39, 0.29) is 0 Å². The van der Waals surface area contributed by atoms with Crippen molar-refractivity contribution in [1.82, 2.24) is 14.8 Å². The maximum absolute atomic E-state index is 13.6. The maximum Gasteiger partial charge on any atom is 0.343 e. The Bertz CT molecular complexity index is 773. The molecule has 1 aromatic carbocycles. The van der Waals surface area contributed by atoms with Gasteiger partial charge in [0.05, 0.1) is 5.25 Å². The lowest BCUT2D eigenvalue weighted by Gasteiger charge is -2.13. The van der Waals surface area contributed by atoms with Gasteiger partial charge >= 0.3 is 5.69 Å². The van der Waals surface area contributed by atoms with Gasteiger partial charge in [0.25, 0.3) is 0 Å². The van der Waals surface area contributed by atoms with Gasteiger partial charge in [0.2, 0.25) is 5.91 Å². The number of carbonyl (C=O) groups is 1. The molecule has 0 saturated heterocycles. The number of halogens is 2. The fourth-order valence-electron chi connectivity index (χ4n) is 2.01. The Morgan fingerprint density at radius 3 is 2.76 bits per heavy atom. The molecule has 1 atom stereocenters. The number of benzene rings is 1. The minimum Gasteiger partial charge on any atom is -0.385 e. The van der Waals surface area contributed by atoms with Gasteiger partial charge in [-0.15, -0.1) is 5.10 Å². The monoisotopic (exact) mass is 372 g/mol. The van der Waals surface area contributed by atoms with E-state index in [1.54, 1.807) is 14.0 Å². The highest BCUT2D eigenvalue weighted by molar-refractivity contribution is 8.00. The molecule has 136 valence electrons. The number of anilines is 1. The Morgan fingerprint density at radius 1 is 1.44 bits per heavy atom. The van der Waals surface area contributed by atoms with Crippen molar-refractivity contribution in [3.05, 3.63) is 40.3 Å². The number of ether oxygens (including phenoxy) is 1. The Labute approximate surface area is 146 Å². The van der Waals surface area contributed by atoms with Crippen LogP contribution in [0, 0.1) is 11.6 Å². The molecule has 0 radical (unpaired) electrons. The van der Waals surface area contributed by atoms with Gasteiger partial charge in [-0.2, -0.15) is 0 Å². The average Bonchev–Trinajstić information content (AvgIpc) is 2.91. The third-order valence-electron chi connectivity index (χ3n) is 3.32. The first kappa shape index (κ1) is 19.1. The van der Waals surface area contributed by atoms with E-state index in [0.29, 0.717) is 24.7 Å². The number of nitrogens with one attached hydrogen (secondary N) is 2. The molecule has 0 unspecified atom stereocenters. The van der Waals surface area contributed by atoms with E-state index in [1.165, 1.54) is 10.6 Å². The highest BCUT2D eigenvalue weighted by Gasteiger charge is 2.21. The first-order valence-corrected chi connectivity index (χ1v) is 8.37. The Kier molecular flexibility index (Phi) is 6.71. The Hall–Kier alpha value is -2.20. The van der Waals surface area contributed by atoms with Crippen LogP contribution < -0.4 is 11.0 Å². The van der Waals surface area contributed by atoms with Crippen LogP contribution in [0.3, 0.4) is 0 Å². The van der Waals surface area contributed by atoms with Crippen molar-refractivity contribution < 1.29 is 18.3 Å². The summed E-state index contributed by atoms with van der Waals surface area (Å²) >= 11 is 1.01. The second kappa shape index (κ2) is 8.77. The number of H-pyrrole nitrogens is 1. The van der Waals surface area contributed by atoms with E-state index in [0.717, 1.165) is 23.9 Å². The number of hydrogen-bond acceptors (Lipinski definition) is 5. The number of para-hydroxylation sites is 1. The molecule has 2 aromatic rings. The number of amides is 1. The molecule has 0 aliphatic rings. The van der Waals surface area contributed by atoms with Crippen LogP contribution in [0.5, 0.6) is 0 Å². The van der Waals surface area contributed by atoms with Gasteiger partial charge in [-0.25, -0.2) is 18.7 Å². The number of rotatable bonds is 8. The third kappa shape index (κ3) is 4.89. The molecule has 1 heterocycles. The number of thioether (sulfide) groups is 1. The van der Waals surface area contributed by atoms with Crippen molar-refractivity contribution in [2.24, 2.45) is 0 Å². The van der Waals surface area contributed by atoms with Gasteiger partial charge in [-0.05, 0) is 25.5 Å². The summed E-state index contributed by atoms with van der Waals surface area (Å²) < 4.78 is 33.5. The van der Waals surface area contributed by atoms with Crippen LogP contribution in [-0.2, 0) is 16.1 Å². The van der Waals surface area contributed by atoms with E-state index >= 15 is 0 Å². The topological polar surface area (TPSA) is 89.0 Å². The molecule has 1 aromatic heterocycles. The van der Waals surface area contributed by atoms with Crippen LogP contribution in [0.2, 0.25) is 0 Å². The molecule has 25 heavy (non-hydrogen) atoms. The molecule has 2 N–H and O–H groups in total. The SMILES string of the molecule is COCCCn1c(S[C@H](C)C(=O)Nc2c(F)cccc2F)n[nH]c1=O. The fraction of sp³-hybridized carbons (Fsp3) is 0.400. The number of carbonyl (C=O) groups excluding carboxylic acids is 1. The summed E-state index contributed by atoms with van der Waals surface area (Å²) in [5.41, 5.74) is -0.897. The lowest BCUT2D eigenvalue weighted by molar-refractivity contribution is -0.115. The van der Waals surface area contributed by atoms with Crippen LogP contribution in [0.25, 0.3) is 0 Å². The van der Waals surface area contributed by atoms with E-state index in [4.69, 9.17) is 4.74 Å². The van der Waals surface area contributed by atoms with Crippen LogP contribution in [0.15, 0.2) is 28.2 Å². The maximum atomic E-state index is 13.6. The summed E-state index contributed by atoms with van der Waals surface area (Å²) in [5, 5.41) is 8.01. The Morgan fingerprint density at radius 2 is 2.12 bits per heavy atom. The summed E-state index contributed by atoms with van der Waals surface area (Å²) in [6.45, 7) is 2.41. The second-order valence-electron chi connectivity index (χ2n) is 5.16. The molecule has 1 amide bonds. The fourth-order valence-corrected chi connectivity index (χ4v) is 2.89. The predicted molar refractivity (Wildman–Crippen MR) is 89.6 cm³/mol. The number of aromatic nitrogens is 3. The first-order valence-electron chi connectivity index (χ1n) is 7.49. The smallest absolute Gasteiger partial charge is 0.343 e. The standard InChI is InChI=1S/C15H18F2N4O3S/c1-9(13(22)18-12-10(16)5-3-6-11(12)17)25-15-20-19-14(23)21(15)7-4-8-24-2/h3,5-6,9H,4,7-8H2,1-2H3,(H,18,22)(H,19,23)/t9-/m1/s1. The number of methoxy groups -OCH3 is 1. The predicted octanol–water partition coefficient (Wildman–Crippen LogP) is 2.01. The molecule has 2 rings (SSSR count). The minimum absolute atomic E-state index is 0.317. The minimum atomic E-state index is -0.859. The highest BCUT2D eigenvalue weighted by Crippen LogP contribution is 2.23. The zero-order chi connectivity index (χ0) is 18.4. The highest BCUT2D eigenvalue weighted by atomic mass is 32.2. The van der Waals surface area contributed by atoms with E-state index in [1.807, 2.05) is 0 Å². The molecule has 0 aliphatic carbocycles. The van der Waals surface area contributed by atoms with Crippen molar-refractivity contribution in [2.45, 2.75) is 30.3 Å². The molecular weight excluding hydrogens is 354 g/mol. The molecule has 0 aliphatic heterocycles. The van der Waals surface area contributed by atoms with Crippen molar-refractivity contribution in [2.75, 3.05) is 19.0 Å². The van der Waals surface area contributed by atoms with Crippen molar-refractivity contribution >= 4 is 23.4 Å². The number of hydrogen-bond donors (Lipinski definition) is 2. The molecule has 7 nitrogen and oxygen atoms in total. The van der Waals surface area contributed by atoms with Crippen LogP contribution in [-0.4, -0.2) is 39.6 Å². The summed E-state index contributed by atoms with van der Waals surface area (Å²) in [7, 11) is 1.56. The second-order valence-corrected chi connectivity index (χ2v) is 6.46. The molecule has 10 heteroatoms. The van der Waals surface area contributed by atoms with Gasteiger partial charge in [0.15, 0.2) is 5.16 Å². The molecular formula is C15H18F2N4O3S. The van der Waals surface area contributed by atoms with Crippen LogP contribution >= 0.6 is 11.8 Å². The molecule has 0 fully saturated rings. The number of aromatic amines is 1. The molecule has 0 saturated carbocycles. The van der Waals surface area contributed by atoms with Gasteiger partial charge in [-0.3, -0.25) is 9.36 Å². The van der Waals surface area contributed by atoms with Crippen molar-refractivity contribution in [3.63, 3.8) is 0 Å². The quantitative estimate of drug-likeness (QED) is 0.547. The lowest BCUT2D eigenvalue weighted by Crippen LogP contribution is -2.25. The van der Waals surface area contributed by atoms with E-state index in [9.17, 15) is 18.4 Å². The Balaban J connectivity index is 2.05. The summed E-state index contributed by atoms with van der Waals surface area (Å²) in [5.74, 6) is -2.32. The zero-order valence-corrected chi connectivity index (χ0v) is 14.5. The van der Waals surface area contributed by atoms with Gasteiger partial charge in [-0.1, -0.05) is 17.8 Å². The number of nitrogens with zero attached hydrogens (tertiary/aromatic N) is 2. The van der Waals surface area contributed by atoms with E-state index in [2.05, 4.69) is 15.5 Å².